The van der Waals surface area contributed by atoms with Crippen molar-refractivity contribution in [1.29, 1.82) is 0 Å². The molecule has 3 amide bonds. The van der Waals surface area contributed by atoms with E-state index < -0.39 is 6.03 Å². The van der Waals surface area contributed by atoms with Crippen molar-refractivity contribution in [3.8, 4) is 11.4 Å². The molecule has 3 aromatic rings. The number of urea groups is 1. The Balaban J connectivity index is 1.27. The Labute approximate surface area is 239 Å². The summed E-state index contributed by atoms with van der Waals surface area (Å²) in [6.07, 6.45) is 9.43. The zero-order valence-electron chi connectivity index (χ0n) is 23.1. The van der Waals surface area contributed by atoms with Gasteiger partial charge in [0.2, 0.25) is 11.7 Å². The lowest BCUT2D eigenvalue weighted by molar-refractivity contribution is -0.121. The van der Waals surface area contributed by atoms with Crippen LogP contribution in [0, 0.1) is 11.8 Å². The molecule has 0 saturated heterocycles. The average Bonchev–Trinajstić information content (AvgIpc) is 3.72. The Morgan fingerprint density at radius 3 is 2.49 bits per heavy atom. The van der Waals surface area contributed by atoms with Gasteiger partial charge in [0.1, 0.15) is 6.54 Å². The third-order valence-electron chi connectivity index (χ3n) is 8.62. The van der Waals surface area contributed by atoms with Crippen molar-refractivity contribution < 1.29 is 14.4 Å². The monoisotopic (exact) mass is 556 g/mol. The molecule has 11 heteroatoms. The third-order valence-corrected chi connectivity index (χ3v) is 8.62. The molecule has 41 heavy (non-hydrogen) atoms. The molecule has 11 nitrogen and oxygen atoms in total. The summed E-state index contributed by atoms with van der Waals surface area (Å²) in [7, 11) is 0. The van der Waals surface area contributed by atoms with Gasteiger partial charge in [0.05, 0.1) is 18.3 Å². The molecule has 3 N–H and O–H groups in total. The lowest BCUT2D eigenvalue weighted by Gasteiger charge is -2.33. The Bertz CT molecular complexity index is 1380. The number of fused-ring (bicyclic) bond motifs is 1. The lowest BCUT2D eigenvalue weighted by Crippen LogP contribution is -2.53. The van der Waals surface area contributed by atoms with Crippen LogP contribution in [-0.2, 0) is 9.59 Å². The maximum Gasteiger partial charge on any atom is 0.339 e. The van der Waals surface area contributed by atoms with Gasteiger partial charge in [0.15, 0.2) is 5.78 Å². The molecule has 2 heterocycles. The first-order valence-electron chi connectivity index (χ1n) is 14.7. The largest absolute Gasteiger partial charge is 0.339 e. The SMILES string of the molecule is O=C(CN1NC(C2CCCCC2)c2ccccc2N(CC(=O)C2CCCC2)C1=O)Nc1cccc(-c2nn[nH]n2)c1. The third kappa shape index (κ3) is 6.00. The number of H-pyrrole nitrogens is 1. The molecule has 2 aliphatic carbocycles. The number of hydrogen-bond donors (Lipinski definition) is 3. The summed E-state index contributed by atoms with van der Waals surface area (Å²) in [4.78, 5) is 42.4. The normalized spacial score (nSPS) is 20.1. The number of hydrazine groups is 1. The number of nitrogens with zero attached hydrogens (tertiary/aromatic N) is 5. The predicted molar refractivity (Wildman–Crippen MR) is 154 cm³/mol. The van der Waals surface area contributed by atoms with Crippen molar-refractivity contribution in [1.82, 2.24) is 31.1 Å². The molecule has 0 spiro atoms. The second-order valence-corrected chi connectivity index (χ2v) is 11.3. The van der Waals surface area contributed by atoms with Crippen molar-refractivity contribution in [3.63, 3.8) is 0 Å². The van der Waals surface area contributed by atoms with Gasteiger partial charge in [-0.2, -0.15) is 5.21 Å². The van der Waals surface area contributed by atoms with Gasteiger partial charge in [-0.05, 0) is 60.6 Å². The Morgan fingerprint density at radius 2 is 1.71 bits per heavy atom. The number of tetrazole rings is 1. The number of hydrogen-bond acceptors (Lipinski definition) is 7. The van der Waals surface area contributed by atoms with Crippen LogP contribution in [0.15, 0.2) is 48.5 Å². The van der Waals surface area contributed by atoms with Crippen LogP contribution in [0.4, 0.5) is 16.2 Å². The van der Waals surface area contributed by atoms with E-state index in [9.17, 15) is 14.4 Å². The van der Waals surface area contributed by atoms with Gasteiger partial charge >= 0.3 is 6.03 Å². The van der Waals surface area contributed by atoms with E-state index >= 15 is 0 Å². The highest BCUT2D eigenvalue weighted by Crippen LogP contribution is 2.40. The number of anilines is 2. The summed E-state index contributed by atoms with van der Waals surface area (Å²) in [5.74, 6) is 0.459. The minimum absolute atomic E-state index is 0.00441. The molecule has 0 radical (unpaired) electrons. The van der Waals surface area contributed by atoms with Crippen LogP contribution in [0.25, 0.3) is 11.4 Å². The van der Waals surface area contributed by atoms with Gasteiger partial charge in [0, 0.05) is 17.2 Å². The molecule has 6 rings (SSSR count). The van der Waals surface area contributed by atoms with Crippen LogP contribution >= 0.6 is 0 Å². The average molecular weight is 557 g/mol. The van der Waals surface area contributed by atoms with E-state index in [1.807, 2.05) is 24.3 Å². The summed E-state index contributed by atoms with van der Waals surface area (Å²) in [5.41, 5.74) is 6.46. The number of aromatic nitrogens is 4. The fourth-order valence-corrected chi connectivity index (χ4v) is 6.53. The summed E-state index contributed by atoms with van der Waals surface area (Å²) < 4.78 is 0. The van der Waals surface area contributed by atoms with Crippen LogP contribution in [0.3, 0.4) is 0 Å². The molecule has 2 aromatic carbocycles. The molecular formula is C30H36N8O3. The number of benzene rings is 2. The van der Waals surface area contributed by atoms with Gasteiger partial charge in [-0.1, -0.05) is 62.4 Å². The smallest absolute Gasteiger partial charge is 0.324 e. The first-order chi connectivity index (χ1) is 20.1. The molecule has 1 aromatic heterocycles. The quantitative estimate of drug-likeness (QED) is 0.368. The van der Waals surface area contributed by atoms with E-state index in [4.69, 9.17) is 0 Å². The number of amides is 3. The number of nitrogens with one attached hydrogen (secondary N) is 3. The minimum Gasteiger partial charge on any atom is -0.324 e. The van der Waals surface area contributed by atoms with Crippen molar-refractivity contribution in [2.75, 3.05) is 23.3 Å². The van der Waals surface area contributed by atoms with Crippen LogP contribution in [0.2, 0.25) is 0 Å². The fourth-order valence-electron chi connectivity index (χ4n) is 6.53. The van der Waals surface area contributed by atoms with Crippen LogP contribution in [-0.4, -0.2) is 56.4 Å². The highest BCUT2D eigenvalue weighted by Gasteiger charge is 2.38. The van der Waals surface area contributed by atoms with Gasteiger partial charge in [0.25, 0.3) is 0 Å². The van der Waals surface area contributed by atoms with Gasteiger partial charge in [-0.25, -0.2) is 15.2 Å². The highest BCUT2D eigenvalue weighted by atomic mass is 16.2. The number of aromatic amines is 1. The summed E-state index contributed by atoms with van der Waals surface area (Å²) in [5, 5.41) is 18.3. The first kappa shape index (κ1) is 27.1. The van der Waals surface area contributed by atoms with Gasteiger partial charge in [-0.3, -0.25) is 14.5 Å². The van der Waals surface area contributed by atoms with Crippen molar-refractivity contribution in [3.05, 3.63) is 54.1 Å². The van der Waals surface area contributed by atoms with Crippen LogP contribution < -0.4 is 15.6 Å². The predicted octanol–water partition coefficient (Wildman–Crippen LogP) is 4.63. The zero-order chi connectivity index (χ0) is 28.2. The fraction of sp³-hybridized carbons (Fsp3) is 0.467. The number of rotatable bonds is 8. The van der Waals surface area contributed by atoms with E-state index in [0.29, 0.717) is 23.0 Å². The van der Waals surface area contributed by atoms with Gasteiger partial charge in [-0.15, -0.1) is 10.2 Å². The number of carbonyl (C=O) groups is 3. The van der Waals surface area contributed by atoms with E-state index in [-0.39, 0.29) is 36.7 Å². The number of para-hydroxylation sites is 1. The molecule has 214 valence electrons. The first-order valence-corrected chi connectivity index (χ1v) is 14.7. The number of carbonyl (C=O) groups excluding carboxylic acids is 3. The van der Waals surface area contributed by atoms with E-state index in [1.165, 1.54) is 11.4 Å². The van der Waals surface area contributed by atoms with Crippen LogP contribution in [0.5, 0.6) is 0 Å². The summed E-state index contributed by atoms with van der Waals surface area (Å²) >= 11 is 0. The van der Waals surface area contributed by atoms with Crippen molar-refractivity contribution >= 4 is 29.1 Å². The zero-order valence-corrected chi connectivity index (χ0v) is 23.1. The standard InChI is InChI=1S/C30H36N8O3/c39-26(20-9-4-5-10-20)18-37-25-16-7-6-15-24(25)28(21-11-2-1-3-12-21)34-38(30(37)41)19-27(40)31-23-14-8-13-22(17-23)29-32-35-36-33-29/h6-8,13-17,20-21,28,34H,1-5,9-12,18-19H2,(H,31,40)(H,32,33,35,36). The molecule has 1 unspecified atom stereocenters. The number of ketones is 1. The molecular weight excluding hydrogens is 520 g/mol. The molecule has 1 atom stereocenters. The van der Waals surface area contributed by atoms with Crippen molar-refractivity contribution in [2.24, 2.45) is 11.8 Å². The van der Waals surface area contributed by atoms with E-state index in [2.05, 4.69) is 37.4 Å². The Kier molecular flexibility index (Phi) is 8.04. The van der Waals surface area contributed by atoms with E-state index in [1.54, 1.807) is 23.1 Å². The Morgan fingerprint density at radius 1 is 0.927 bits per heavy atom. The molecule has 3 aliphatic rings. The minimum atomic E-state index is -0.391. The molecule has 2 fully saturated rings. The summed E-state index contributed by atoms with van der Waals surface area (Å²) in [6, 6.07) is 14.5. The second kappa shape index (κ2) is 12.2. The molecule has 1 aliphatic heterocycles. The Hall–Kier alpha value is -4.12. The molecule has 2 saturated carbocycles. The number of Topliss-reactive ketones (excluding diaryl/α,β-unsaturated/α-hetero) is 1. The topological polar surface area (TPSA) is 136 Å². The van der Waals surface area contributed by atoms with Crippen molar-refractivity contribution in [2.45, 2.75) is 63.8 Å². The van der Waals surface area contributed by atoms with E-state index in [0.717, 1.165) is 62.6 Å². The highest BCUT2D eigenvalue weighted by molar-refractivity contribution is 6.02. The second-order valence-electron chi connectivity index (χ2n) is 11.3. The van der Waals surface area contributed by atoms with Crippen LogP contribution in [0.1, 0.15) is 69.4 Å². The maximum absolute atomic E-state index is 14.1. The lowest BCUT2D eigenvalue weighted by atomic mass is 9.81. The maximum atomic E-state index is 14.1. The summed E-state index contributed by atoms with van der Waals surface area (Å²) in [6.45, 7) is -0.207. The van der Waals surface area contributed by atoms with Gasteiger partial charge < -0.3 is 5.32 Å². The molecule has 0 bridgehead atoms.